The number of rotatable bonds is 4. The van der Waals surface area contributed by atoms with Crippen LogP contribution in [0.1, 0.15) is 31.0 Å². The number of carbonyl (C=O) groups is 1. The zero-order chi connectivity index (χ0) is 22.1. The zero-order valence-corrected chi connectivity index (χ0v) is 18.3. The SMILES string of the molecule is CCOC(=O)C1=C(C)N=c2s/c(=C\c3ccc(F)cc3)c(=O)n2[C@H]1c1ccc(Cl)cc1. The summed E-state index contributed by atoms with van der Waals surface area (Å²) in [6.07, 6.45) is 1.69. The third-order valence-electron chi connectivity index (χ3n) is 4.87. The van der Waals surface area contributed by atoms with E-state index < -0.39 is 12.0 Å². The molecule has 1 aromatic heterocycles. The van der Waals surface area contributed by atoms with Crippen LogP contribution in [0.2, 0.25) is 5.02 Å². The van der Waals surface area contributed by atoms with Gasteiger partial charge in [0.05, 0.1) is 28.5 Å². The molecule has 0 fully saturated rings. The maximum atomic E-state index is 13.4. The Bertz CT molecular complexity index is 1360. The summed E-state index contributed by atoms with van der Waals surface area (Å²) in [6, 6.07) is 12.2. The molecule has 5 nitrogen and oxygen atoms in total. The van der Waals surface area contributed by atoms with E-state index in [1.54, 1.807) is 56.3 Å². The van der Waals surface area contributed by atoms with Gasteiger partial charge in [-0.25, -0.2) is 14.2 Å². The van der Waals surface area contributed by atoms with Crippen LogP contribution >= 0.6 is 22.9 Å². The number of nitrogens with zero attached hydrogens (tertiary/aromatic N) is 2. The topological polar surface area (TPSA) is 60.7 Å². The molecule has 2 heterocycles. The molecular formula is C23H18ClFN2O3S. The van der Waals surface area contributed by atoms with Gasteiger partial charge in [-0.2, -0.15) is 0 Å². The first kappa shape index (κ1) is 21.2. The Morgan fingerprint density at radius 2 is 1.90 bits per heavy atom. The number of esters is 1. The second kappa shape index (κ2) is 8.61. The van der Waals surface area contributed by atoms with Crippen LogP contribution in [0.4, 0.5) is 4.39 Å². The fourth-order valence-electron chi connectivity index (χ4n) is 3.46. The molecule has 2 aromatic carbocycles. The second-order valence-electron chi connectivity index (χ2n) is 6.91. The lowest BCUT2D eigenvalue weighted by Crippen LogP contribution is -2.39. The van der Waals surface area contributed by atoms with Gasteiger partial charge in [0, 0.05) is 5.02 Å². The molecule has 0 amide bonds. The van der Waals surface area contributed by atoms with Gasteiger partial charge in [0.25, 0.3) is 5.56 Å². The Kier molecular flexibility index (Phi) is 5.89. The first-order valence-electron chi connectivity index (χ1n) is 9.59. The molecule has 0 radical (unpaired) electrons. The normalized spacial score (nSPS) is 16.1. The van der Waals surface area contributed by atoms with Gasteiger partial charge in [-0.1, -0.05) is 47.2 Å². The highest BCUT2D eigenvalue weighted by atomic mass is 35.5. The van der Waals surface area contributed by atoms with Gasteiger partial charge in [-0.15, -0.1) is 0 Å². The number of hydrogen-bond donors (Lipinski definition) is 0. The zero-order valence-electron chi connectivity index (χ0n) is 16.8. The number of thiazole rings is 1. The Morgan fingerprint density at radius 1 is 1.23 bits per heavy atom. The van der Waals surface area contributed by atoms with Crippen molar-refractivity contribution >= 4 is 35.0 Å². The Hall–Kier alpha value is -3.03. The van der Waals surface area contributed by atoms with Gasteiger partial charge in [-0.3, -0.25) is 9.36 Å². The van der Waals surface area contributed by atoms with Crippen LogP contribution in [0.5, 0.6) is 0 Å². The molecular weight excluding hydrogens is 439 g/mol. The highest BCUT2D eigenvalue weighted by molar-refractivity contribution is 7.07. The summed E-state index contributed by atoms with van der Waals surface area (Å²) in [4.78, 5) is 31.2. The van der Waals surface area contributed by atoms with E-state index in [0.29, 0.717) is 31.2 Å². The maximum absolute atomic E-state index is 13.4. The monoisotopic (exact) mass is 456 g/mol. The summed E-state index contributed by atoms with van der Waals surface area (Å²) >= 11 is 7.26. The van der Waals surface area contributed by atoms with Crippen molar-refractivity contribution in [3.8, 4) is 0 Å². The van der Waals surface area contributed by atoms with Crippen molar-refractivity contribution in [2.75, 3.05) is 6.61 Å². The van der Waals surface area contributed by atoms with E-state index in [9.17, 15) is 14.0 Å². The Balaban J connectivity index is 1.94. The first-order valence-corrected chi connectivity index (χ1v) is 10.8. The van der Waals surface area contributed by atoms with E-state index in [0.717, 1.165) is 5.56 Å². The Morgan fingerprint density at radius 3 is 2.55 bits per heavy atom. The minimum absolute atomic E-state index is 0.206. The van der Waals surface area contributed by atoms with Crippen molar-refractivity contribution in [2.24, 2.45) is 4.99 Å². The van der Waals surface area contributed by atoms with Gasteiger partial charge in [0.1, 0.15) is 5.82 Å². The average molecular weight is 457 g/mol. The molecule has 0 bridgehead atoms. The van der Waals surface area contributed by atoms with E-state index in [-0.39, 0.29) is 18.0 Å². The van der Waals surface area contributed by atoms with Gasteiger partial charge < -0.3 is 4.74 Å². The van der Waals surface area contributed by atoms with E-state index in [4.69, 9.17) is 16.3 Å². The third-order valence-corrected chi connectivity index (χ3v) is 6.11. The van der Waals surface area contributed by atoms with Crippen molar-refractivity contribution in [3.05, 3.63) is 101 Å². The summed E-state index contributed by atoms with van der Waals surface area (Å²) in [5.74, 6) is -0.868. The van der Waals surface area contributed by atoms with Crippen LogP contribution in [0, 0.1) is 5.82 Å². The predicted molar refractivity (Wildman–Crippen MR) is 118 cm³/mol. The van der Waals surface area contributed by atoms with E-state index in [2.05, 4.69) is 4.99 Å². The molecule has 0 unspecified atom stereocenters. The van der Waals surface area contributed by atoms with Crippen molar-refractivity contribution < 1.29 is 13.9 Å². The lowest BCUT2D eigenvalue weighted by Gasteiger charge is -2.24. The second-order valence-corrected chi connectivity index (χ2v) is 8.35. The number of benzene rings is 2. The average Bonchev–Trinajstić information content (AvgIpc) is 3.04. The molecule has 0 spiro atoms. The van der Waals surface area contributed by atoms with E-state index >= 15 is 0 Å². The molecule has 4 rings (SSSR count). The molecule has 1 aliphatic heterocycles. The van der Waals surface area contributed by atoms with Crippen molar-refractivity contribution in [3.63, 3.8) is 0 Å². The number of carbonyl (C=O) groups excluding carboxylic acids is 1. The van der Waals surface area contributed by atoms with E-state index in [1.807, 2.05) is 0 Å². The number of aromatic nitrogens is 1. The van der Waals surface area contributed by atoms with Crippen LogP contribution < -0.4 is 14.9 Å². The minimum Gasteiger partial charge on any atom is -0.463 e. The number of allylic oxidation sites excluding steroid dienone is 1. The minimum atomic E-state index is -0.692. The van der Waals surface area contributed by atoms with Crippen LogP contribution in [-0.4, -0.2) is 17.1 Å². The molecule has 0 aliphatic carbocycles. The van der Waals surface area contributed by atoms with Crippen LogP contribution in [0.15, 0.2) is 69.6 Å². The van der Waals surface area contributed by atoms with Gasteiger partial charge in [0.2, 0.25) is 0 Å². The fraction of sp³-hybridized carbons (Fsp3) is 0.174. The first-order chi connectivity index (χ1) is 14.9. The maximum Gasteiger partial charge on any atom is 0.338 e. The van der Waals surface area contributed by atoms with Crippen LogP contribution in [0.25, 0.3) is 6.08 Å². The number of hydrogen-bond acceptors (Lipinski definition) is 5. The quantitative estimate of drug-likeness (QED) is 0.564. The predicted octanol–water partition coefficient (Wildman–Crippen LogP) is 3.59. The van der Waals surface area contributed by atoms with Gasteiger partial charge >= 0.3 is 5.97 Å². The smallest absolute Gasteiger partial charge is 0.338 e. The highest BCUT2D eigenvalue weighted by Gasteiger charge is 2.33. The van der Waals surface area contributed by atoms with Crippen molar-refractivity contribution in [1.82, 2.24) is 4.57 Å². The number of halogens is 2. The Labute approximate surface area is 186 Å². The lowest BCUT2D eigenvalue weighted by atomic mass is 9.96. The largest absolute Gasteiger partial charge is 0.463 e. The van der Waals surface area contributed by atoms with E-state index in [1.165, 1.54) is 28.0 Å². The van der Waals surface area contributed by atoms with Gasteiger partial charge in [0.15, 0.2) is 4.80 Å². The molecule has 1 atom stereocenters. The summed E-state index contributed by atoms with van der Waals surface area (Å²) < 4.78 is 20.4. The van der Waals surface area contributed by atoms with Gasteiger partial charge in [-0.05, 0) is 55.3 Å². The molecule has 0 saturated heterocycles. The number of ether oxygens (including phenoxy) is 1. The molecule has 1 aliphatic rings. The molecule has 3 aromatic rings. The summed E-state index contributed by atoms with van der Waals surface area (Å²) in [5, 5.41) is 0.547. The van der Waals surface area contributed by atoms with Crippen molar-refractivity contribution in [2.45, 2.75) is 19.9 Å². The molecule has 0 saturated carbocycles. The molecule has 31 heavy (non-hydrogen) atoms. The molecule has 8 heteroatoms. The third kappa shape index (κ3) is 4.11. The van der Waals surface area contributed by atoms with Crippen LogP contribution in [0.3, 0.4) is 0 Å². The standard InChI is InChI=1S/C23H18ClFN2O3S/c1-3-30-22(29)19-13(2)26-23-27(20(19)15-6-8-16(24)9-7-15)21(28)18(31-23)12-14-4-10-17(25)11-5-14/h4-12,20H,3H2,1-2H3/b18-12-/t20-/m0/s1. The summed E-state index contributed by atoms with van der Waals surface area (Å²) in [5.41, 5.74) is 1.92. The molecule has 0 N–H and O–H groups in total. The fourth-order valence-corrected chi connectivity index (χ4v) is 4.63. The summed E-state index contributed by atoms with van der Waals surface area (Å²) in [7, 11) is 0. The summed E-state index contributed by atoms with van der Waals surface area (Å²) in [6.45, 7) is 3.66. The lowest BCUT2D eigenvalue weighted by molar-refractivity contribution is -0.139. The highest BCUT2D eigenvalue weighted by Crippen LogP contribution is 2.31. The molecule has 158 valence electrons. The van der Waals surface area contributed by atoms with Crippen molar-refractivity contribution in [1.29, 1.82) is 0 Å². The number of fused-ring (bicyclic) bond motifs is 1. The van der Waals surface area contributed by atoms with Crippen LogP contribution in [-0.2, 0) is 9.53 Å².